The van der Waals surface area contributed by atoms with Crippen LogP contribution in [0.3, 0.4) is 0 Å². The molecule has 13 heavy (non-hydrogen) atoms. The second-order valence-electron chi connectivity index (χ2n) is 1.93. The average Bonchev–Trinajstić information content (AvgIpc) is 2.11. The molecular weight excluding hydrogens is 225 g/mol. The number of rotatable bonds is 3. The Morgan fingerprint density at radius 3 is 1.77 bits per heavy atom. The van der Waals surface area contributed by atoms with Gasteiger partial charge in [0.15, 0.2) is 0 Å². The number of amides is 1. The van der Waals surface area contributed by atoms with Crippen LogP contribution < -0.4 is 5.32 Å². The van der Waals surface area contributed by atoms with Crippen LogP contribution in [0.25, 0.3) is 0 Å². The summed E-state index contributed by atoms with van der Waals surface area (Å²) in [4.78, 5) is 31.9. The average molecular weight is 230 g/mol. The van der Waals surface area contributed by atoms with Gasteiger partial charge in [-0.25, -0.2) is 9.59 Å². The van der Waals surface area contributed by atoms with Gasteiger partial charge in [-0.05, 0) is 0 Å². The van der Waals surface area contributed by atoms with Gasteiger partial charge in [-0.15, -0.1) is 0 Å². The van der Waals surface area contributed by atoms with Crippen LogP contribution in [0, 0.1) is 0 Å². The Hall–Kier alpha value is -1.01. The molecule has 0 heterocycles. The van der Waals surface area contributed by atoms with Crippen molar-refractivity contribution in [2.45, 2.75) is 13.0 Å². The van der Waals surface area contributed by atoms with E-state index in [1.54, 1.807) is 0 Å². The molecule has 1 N–H and O–H groups in total. The van der Waals surface area contributed by atoms with E-state index in [0.29, 0.717) is 0 Å². The van der Waals surface area contributed by atoms with E-state index >= 15 is 0 Å². The fraction of sp³-hybridized carbons (Fsp3) is 0.400. The third-order valence-corrected chi connectivity index (χ3v) is 1.28. The summed E-state index contributed by atoms with van der Waals surface area (Å²) in [6, 6.07) is -1.65. The lowest BCUT2D eigenvalue weighted by Gasteiger charge is -2.09. The Labute approximate surface area is 83.4 Å². The summed E-state index contributed by atoms with van der Waals surface area (Å²) in [6.07, 6.45) is 0. The monoisotopic (exact) mass is 229 g/mol. The number of hydrogen-bond acceptors (Lipinski definition) is 5. The summed E-state index contributed by atoms with van der Waals surface area (Å²) in [5, 5.41) is 1.92. The van der Waals surface area contributed by atoms with Gasteiger partial charge < -0.3 is 13.9 Å². The van der Waals surface area contributed by atoms with Crippen molar-refractivity contribution in [2.75, 3.05) is 0 Å². The standard InChI is InChI=1S/C5H5Cl2NO5/c1-2(9)8-3(4(10)12-6)5(11)13-7/h3H,1H3,(H,8,9). The van der Waals surface area contributed by atoms with E-state index in [9.17, 15) is 14.4 Å². The van der Waals surface area contributed by atoms with Crippen molar-refractivity contribution in [1.29, 1.82) is 0 Å². The lowest BCUT2D eigenvalue weighted by atomic mass is 10.3. The second kappa shape index (κ2) is 5.60. The Morgan fingerprint density at radius 2 is 1.54 bits per heavy atom. The van der Waals surface area contributed by atoms with E-state index in [1.165, 1.54) is 0 Å². The topological polar surface area (TPSA) is 81.7 Å². The van der Waals surface area contributed by atoms with Gasteiger partial charge in [-0.3, -0.25) is 4.79 Å². The smallest absolute Gasteiger partial charge is 0.345 e. The van der Waals surface area contributed by atoms with Gasteiger partial charge in [0.2, 0.25) is 11.9 Å². The maximum absolute atomic E-state index is 10.7. The largest absolute Gasteiger partial charge is 0.358 e. The maximum Gasteiger partial charge on any atom is 0.358 e. The summed E-state index contributed by atoms with van der Waals surface area (Å²) < 4.78 is 7.39. The molecule has 0 aromatic carbocycles. The molecule has 0 bridgehead atoms. The van der Waals surface area contributed by atoms with Crippen molar-refractivity contribution >= 4 is 41.6 Å². The SMILES string of the molecule is CC(=O)NC(C(=O)OCl)C(=O)OCl. The van der Waals surface area contributed by atoms with E-state index in [1.807, 2.05) is 5.32 Å². The number of nitrogens with one attached hydrogen (secondary N) is 1. The first-order valence-corrected chi connectivity index (χ1v) is 3.56. The molecule has 0 aromatic heterocycles. The number of halogens is 2. The zero-order valence-electron chi connectivity index (χ0n) is 6.37. The highest BCUT2D eigenvalue weighted by Gasteiger charge is 2.30. The van der Waals surface area contributed by atoms with Crippen LogP contribution in [0.5, 0.6) is 0 Å². The predicted molar refractivity (Wildman–Crippen MR) is 41.5 cm³/mol. The van der Waals surface area contributed by atoms with Gasteiger partial charge in [-0.1, -0.05) is 0 Å². The molecule has 0 unspecified atom stereocenters. The quantitative estimate of drug-likeness (QED) is 0.683. The summed E-state index contributed by atoms with van der Waals surface area (Å²) in [5.74, 6) is -2.99. The molecule has 0 aromatic rings. The molecule has 0 saturated heterocycles. The van der Waals surface area contributed by atoms with E-state index in [2.05, 4.69) is 32.3 Å². The molecule has 0 aliphatic carbocycles. The van der Waals surface area contributed by atoms with Gasteiger partial charge in [0.05, 0.1) is 0 Å². The van der Waals surface area contributed by atoms with Crippen molar-refractivity contribution in [3.8, 4) is 0 Å². The lowest BCUT2D eigenvalue weighted by Crippen LogP contribution is -2.46. The molecule has 8 heteroatoms. The number of carbonyl (C=O) groups is 3. The van der Waals surface area contributed by atoms with Gasteiger partial charge in [0, 0.05) is 6.92 Å². The van der Waals surface area contributed by atoms with Gasteiger partial charge in [0.25, 0.3) is 0 Å². The lowest BCUT2D eigenvalue weighted by molar-refractivity contribution is -0.149. The Bertz CT molecular complexity index is 215. The third-order valence-electron chi connectivity index (χ3n) is 0.971. The van der Waals surface area contributed by atoms with E-state index in [-0.39, 0.29) is 0 Å². The third kappa shape index (κ3) is 3.95. The normalized spacial score (nSPS) is 9.23. The molecule has 0 saturated carbocycles. The molecule has 0 aliphatic heterocycles. The highest BCUT2D eigenvalue weighted by molar-refractivity contribution is 6.20. The zero-order chi connectivity index (χ0) is 10.4. The second-order valence-corrected chi connectivity index (χ2v) is 2.23. The van der Waals surface area contributed by atoms with Crippen LogP contribution in [0.1, 0.15) is 6.92 Å². The van der Waals surface area contributed by atoms with Crippen molar-refractivity contribution in [1.82, 2.24) is 5.32 Å². The highest BCUT2D eigenvalue weighted by atomic mass is 35.5. The Morgan fingerprint density at radius 1 is 1.15 bits per heavy atom. The van der Waals surface area contributed by atoms with E-state index < -0.39 is 23.9 Å². The van der Waals surface area contributed by atoms with E-state index in [0.717, 1.165) is 6.92 Å². The molecule has 0 radical (unpaired) electrons. The maximum atomic E-state index is 10.7. The zero-order valence-corrected chi connectivity index (χ0v) is 7.89. The fourth-order valence-electron chi connectivity index (χ4n) is 0.506. The molecule has 0 atom stereocenters. The predicted octanol–water partition coefficient (Wildman–Crippen LogP) is -0.115. The number of hydrogen-bond donors (Lipinski definition) is 1. The Balaban J connectivity index is 4.45. The van der Waals surface area contributed by atoms with Crippen molar-refractivity contribution in [3.05, 3.63) is 0 Å². The van der Waals surface area contributed by atoms with Crippen molar-refractivity contribution < 1.29 is 23.0 Å². The van der Waals surface area contributed by atoms with Gasteiger partial charge >= 0.3 is 11.9 Å². The van der Waals surface area contributed by atoms with Crippen LogP contribution >= 0.6 is 23.7 Å². The minimum atomic E-state index is -1.65. The molecule has 6 nitrogen and oxygen atoms in total. The fourth-order valence-corrected chi connectivity index (χ4v) is 0.685. The summed E-state index contributed by atoms with van der Waals surface area (Å²) in [7, 11) is 0. The first-order chi connectivity index (χ1) is 6.02. The minimum Gasteiger partial charge on any atom is -0.345 e. The molecular formula is C5H5Cl2NO5. The minimum absolute atomic E-state index is 0.630. The molecule has 0 rings (SSSR count). The summed E-state index contributed by atoms with van der Waals surface area (Å²) in [6.45, 7) is 1.09. The summed E-state index contributed by atoms with van der Waals surface area (Å²) in [5.41, 5.74) is 0. The van der Waals surface area contributed by atoms with Crippen molar-refractivity contribution in [3.63, 3.8) is 0 Å². The molecule has 74 valence electrons. The molecule has 1 amide bonds. The van der Waals surface area contributed by atoms with Crippen LogP contribution in [0.2, 0.25) is 0 Å². The van der Waals surface area contributed by atoms with Crippen LogP contribution in [-0.2, 0) is 23.0 Å². The van der Waals surface area contributed by atoms with Crippen molar-refractivity contribution in [2.24, 2.45) is 0 Å². The number of carbonyl (C=O) groups excluding carboxylic acids is 3. The summed E-state index contributed by atoms with van der Waals surface area (Å²) >= 11 is 9.36. The first kappa shape index (κ1) is 12.0. The van der Waals surface area contributed by atoms with Crippen LogP contribution in [-0.4, -0.2) is 23.9 Å². The van der Waals surface area contributed by atoms with Gasteiger partial charge in [0.1, 0.15) is 23.7 Å². The Kier molecular flexibility index (Phi) is 5.17. The van der Waals surface area contributed by atoms with Gasteiger partial charge in [-0.2, -0.15) is 0 Å². The molecule has 0 fully saturated rings. The highest BCUT2D eigenvalue weighted by Crippen LogP contribution is 1.97. The first-order valence-electron chi connectivity index (χ1n) is 2.95. The molecule has 0 aliphatic rings. The molecule has 0 spiro atoms. The van der Waals surface area contributed by atoms with E-state index in [4.69, 9.17) is 0 Å². The van der Waals surface area contributed by atoms with Crippen LogP contribution in [0.15, 0.2) is 0 Å². The van der Waals surface area contributed by atoms with Crippen LogP contribution in [0.4, 0.5) is 0 Å².